The van der Waals surface area contributed by atoms with E-state index in [1.165, 1.54) is 25.7 Å². The van der Waals surface area contributed by atoms with E-state index in [1.807, 2.05) is 24.0 Å². The Hall–Kier alpha value is -2.59. The van der Waals surface area contributed by atoms with Crippen LogP contribution in [0.1, 0.15) is 68.9 Å². The first-order chi connectivity index (χ1) is 16.0. The second-order valence-corrected chi connectivity index (χ2v) is 10.2. The fraction of sp³-hybridized carbons (Fsp3) is 0.654. The van der Waals surface area contributed by atoms with E-state index in [1.54, 1.807) is 0 Å². The molecule has 1 aliphatic carbocycles. The first kappa shape index (κ1) is 22.2. The van der Waals surface area contributed by atoms with Crippen LogP contribution in [0.4, 0.5) is 5.69 Å². The van der Waals surface area contributed by atoms with Crippen LogP contribution in [-0.2, 0) is 4.79 Å². The highest BCUT2D eigenvalue weighted by Crippen LogP contribution is 2.39. The van der Waals surface area contributed by atoms with Crippen LogP contribution in [0.3, 0.4) is 0 Å². The lowest BCUT2D eigenvalue weighted by molar-refractivity contribution is -0.136. The normalized spacial score (nSPS) is 26.7. The Balaban J connectivity index is 1.39. The standard InChI is InChI=1S/C26H35N5O2/c1-18-15-21(9-8-20(18)17-27)31-24(19-5-2-3-6-19)16-25(28-31)30-12-4-7-23(30)26(33)29-13-10-22(32)11-14-29/h8-9,15,19,22-24,32H,2-7,10-14,16H2,1H3. The van der Waals surface area contributed by atoms with Crippen molar-refractivity contribution in [1.29, 1.82) is 5.26 Å². The number of nitriles is 1. The minimum atomic E-state index is -0.274. The van der Waals surface area contributed by atoms with Crippen molar-refractivity contribution < 1.29 is 9.90 Å². The van der Waals surface area contributed by atoms with Gasteiger partial charge in [0.25, 0.3) is 0 Å². The maximum Gasteiger partial charge on any atom is 0.245 e. The molecule has 1 amide bonds. The zero-order valence-corrected chi connectivity index (χ0v) is 19.6. The highest BCUT2D eigenvalue weighted by atomic mass is 16.3. The lowest BCUT2D eigenvalue weighted by Crippen LogP contribution is -2.50. The number of piperidine rings is 1. The van der Waals surface area contributed by atoms with Gasteiger partial charge in [0, 0.05) is 26.1 Å². The van der Waals surface area contributed by atoms with Gasteiger partial charge >= 0.3 is 0 Å². The minimum absolute atomic E-state index is 0.133. The van der Waals surface area contributed by atoms with Crippen molar-refractivity contribution in [2.24, 2.45) is 11.0 Å². The van der Waals surface area contributed by atoms with Gasteiger partial charge in [-0.15, -0.1) is 0 Å². The van der Waals surface area contributed by atoms with E-state index in [0.29, 0.717) is 43.5 Å². The Morgan fingerprint density at radius 2 is 1.85 bits per heavy atom. The third-order valence-corrected chi connectivity index (χ3v) is 8.11. The lowest BCUT2D eigenvalue weighted by atomic mass is 9.94. The van der Waals surface area contributed by atoms with Gasteiger partial charge in [-0.1, -0.05) is 12.8 Å². The summed E-state index contributed by atoms with van der Waals surface area (Å²) in [5, 5.41) is 26.5. The maximum absolute atomic E-state index is 13.4. The van der Waals surface area contributed by atoms with Gasteiger partial charge in [0.1, 0.15) is 11.9 Å². The van der Waals surface area contributed by atoms with Crippen molar-refractivity contribution >= 4 is 17.4 Å². The van der Waals surface area contributed by atoms with E-state index in [0.717, 1.165) is 42.9 Å². The topological polar surface area (TPSA) is 83.2 Å². The molecule has 3 heterocycles. The molecule has 7 nitrogen and oxygen atoms in total. The van der Waals surface area contributed by atoms with Crippen molar-refractivity contribution in [1.82, 2.24) is 9.80 Å². The molecule has 1 N–H and O–H groups in total. The van der Waals surface area contributed by atoms with Gasteiger partial charge in [-0.25, -0.2) is 0 Å². The molecule has 2 saturated heterocycles. The zero-order valence-electron chi connectivity index (χ0n) is 19.6. The van der Waals surface area contributed by atoms with Crippen LogP contribution < -0.4 is 5.01 Å². The SMILES string of the molecule is Cc1cc(N2N=C(N3CCCC3C(=O)N3CCC(O)CC3)CC2C2CCCC2)ccc1C#N. The number of carbonyl (C=O) groups excluding carboxylic acids is 1. The molecule has 5 rings (SSSR count). The Bertz CT molecular complexity index is 956. The van der Waals surface area contributed by atoms with Crippen molar-refractivity contribution in [2.75, 3.05) is 24.6 Å². The van der Waals surface area contributed by atoms with Gasteiger partial charge in [0.15, 0.2) is 0 Å². The second kappa shape index (κ2) is 9.34. The van der Waals surface area contributed by atoms with Crippen molar-refractivity contribution in [2.45, 2.75) is 82.9 Å². The summed E-state index contributed by atoms with van der Waals surface area (Å²) in [7, 11) is 0. The third-order valence-electron chi connectivity index (χ3n) is 8.11. The molecule has 0 aromatic heterocycles. The lowest BCUT2D eigenvalue weighted by Gasteiger charge is -2.34. The smallest absolute Gasteiger partial charge is 0.245 e. The molecule has 3 fully saturated rings. The molecular formula is C26H35N5O2. The molecule has 1 aromatic carbocycles. The van der Waals surface area contributed by atoms with Crippen LogP contribution in [0.15, 0.2) is 23.3 Å². The van der Waals surface area contributed by atoms with E-state index in [2.05, 4.69) is 22.0 Å². The number of hydrazone groups is 1. The number of anilines is 1. The number of nitrogens with zero attached hydrogens (tertiary/aromatic N) is 5. The van der Waals surface area contributed by atoms with Gasteiger partial charge in [0.2, 0.25) is 5.91 Å². The predicted octanol–water partition coefficient (Wildman–Crippen LogP) is 3.40. The minimum Gasteiger partial charge on any atom is -0.393 e. The largest absolute Gasteiger partial charge is 0.393 e. The summed E-state index contributed by atoms with van der Waals surface area (Å²) in [5.74, 6) is 1.86. The molecule has 1 aromatic rings. The number of rotatable bonds is 3. The molecule has 0 radical (unpaired) electrons. The zero-order chi connectivity index (χ0) is 22.9. The molecule has 7 heteroatoms. The summed E-state index contributed by atoms with van der Waals surface area (Å²) in [4.78, 5) is 17.6. The molecule has 0 bridgehead atoms. The number of benzene rings is 1. The summed E-state index contributed by atoms with van der Waals surface area (Å²) in [6.45, 7) is 4.16. The summed E-state index contributed by atoms with van der Waals surface area (Å²) in [6, 6.07) is 8.45. The molecular weight excluding hydrogens is 414 g/mol. The predicted molar refractivity (Wildman–Crippen MR) is 128 cm³/mol. The van der Waals surface area contributed by atoms with Crippen LogP contribution in [-0.4, -0.2) is 64.5 Å². The molecule has 2 atom stereocenters. The molecule has 0 spiro atoms. The van der Waals surface area contributed by atoms with E-state index < -0.39 is 0 Å². The monoisotopic (exact) mass is 449 g/mol. The first-order valence-electron chi connectivity index (χ1n) is 12.7. The van der Waals surface area contributed by atoms with Gasteiger partial charge in [-0.3, -0.25) is 9.80 Å². The summed E-state index contributed by atoms with van der Waals surface area (Å²) in [5.41, 5.74) is 2.73. The molecule has 3 aliphatic heterocycles. The Labute approximate surface area is 196 Å². The number of aryl methyl sites for hydroxylation is 1. The van der Waals surface area contributed by atoms with Crippen molar-refractivity contribution in [3.05, 3.63) is 29.3 Å². The van der Waals surface area contributed by atoms with Crippen molar-refractivity contribution in [3.63, 3.8) is 0 Å². The fourth-order valence-electron chi connectivity index (χ4n) is 6.19. The number of likely N-dealkylation sites (tertiary alicyclic amines) is 2. The van der Waals surface area contributed by atoms with Crippen LogP contribution in [0.5, 0.6) is 0 Å². The average molecular weight is 450 g/mol. The molecule has 4 aliphatic rings. The Morgan fingerprint density at radius 3 is 2.55 bits per heavy atom. The number of amides is 1. The van der Waals surface area contributed by atoms with E-state index in [4.69, 9.17) is 5.10 Å². The van der Waals surface area contributed by atoms with Gasteiger partial charge in [0.05, 0.1) is 29.5 Å². The van der Waals surface area contributed by atoms with E-state index >= 15 is 0 Å². The van der Waals surface area contributed by atoms with Gasteiger partial charge in [-0.05, 0) is 75.1 Å². The first-order valence-corrected chi connectivity index (χ1v) is 12.7. The second-order valence-electron chi connectivity index (χ2n) is 10.2. The maximum atomic E-state index is 13.4. The van der Waals surface area contributed by atoms with Crippen LogP contribution >= 0.6 is 0 Å². The summed E-state index contributed by atoms with van der Waals surface area (Å²) in [6.07, 6.45) is 8.87. The van der Waals surface area contributed by atoms with Crippen molar-refractivity contribution in [3.8, 4) is 6.07 Å². The Kier molecular flexibility index (Phi) is 6.29. The van der Waals surface area contributed by atoms with Crippen LogP contribution in [0.2, 0.25) is 0 Å². The number of hydrogen-bond acceptors (Lipinski definition) is 6. The fourth-order valence-corrected chi connectivity index (χ4v) is 6.19. The third kappa shape index (κ3) is 4.33. The van der Waals surface area contributed by atoms with Gasteiger partial charge < -0.3 is 14.9 Å². The van der Waals surface area contributed by atoms with Crippen LogP contribution in [0, 0.1) is 24.2 Å². The molecule has 1 saturated carbocycles. The molecule has 33 heavy (non-hydrogen) atoms. The van der Waals surface area contributed by atoms with E-state index in [-0.39, 0.29) is 18.1 Å². The number of aliphatic hydroxyl groups excluding tert-OH is 1. The molecule has 176 valence electrons. The number of amidine groups is 1. The number of hydrogen-bond donors (Lipinski definition) is 1. The quantitative estimate of drug-likeness (QED) is 0.765. The van der Waals surface area contributed by atoms with E-state index in [9.17, 15) is 15.2 Å². The number of aliphatic hydroxyl groups is 1. The molecule has 2 unspecified atom stereocenters. The highest BCUT2D eigenvalue weighted by Gasteiger charge is 2.42. The number of carbonyl (C=O) groups is 1. The highest BCUT2D eigenvalue weighted by molar-refractivity contribution is 5.93. The summed E-state index contributed by atoms with van der Waals surface area (Å²) < 4.78 is 0. The Morgan fingerprint density at radius 1 is 1.09 bits per heavy atom. The van der Waals surface area contributed by atoms with Gasteiger partial charge in [-0.2, -0.15) is 10.4 Å². The summed E-state index contributed by atoms with van der Waals surface area (Å²) >= 11 is 0. The van der Waals surface area contributed by atoms with Crippen LogP contribution in [0.25, 0.3) is 0 Å². The average Bonchev–Trinajstić information content (AvgIpc) is 3.59.